The van der Waals surface area contributed by atoms with Crippen LogP contribution in [0.2, 0.25) is 0 Å². The molecule has 1 aliphatic heterocycles. The van der Waals surface area contributed by atoms with Crippen molar-refractivity contribution in [3.05, 3.63) is 58.9 Å². The summed E-state index contributed by atoms with van der Waals surface area (Å²) in [4.78, 5) is 21.8. The van der Waals surface area contributed by atoms with E-state index < -0.39 is 0 Å². The number of nitroso groups, excluding NO2 is 1. The van der Waals surface area contributed by atoms with Crippen LogP contribution < -0.4 is 10.3 Å². The van der Waals surface area contributed by atoms with E-state index in [1.54, 1.807) is 6.20 Å². The molecule has 2 heterocycles. The van der Waals surface area contributed by atoms with E-state index >= 15 is 0 Å². The Hall–Kier alpha value is -2.54. The molecule has 0 radical (unpaired) electrons. The van der Waals surface area contributed by atoms with Crippen molar-refractivity contribution in [3.63, 3.8) is 0 Å². The van der Waals surface area contributed by atoms with Crippen molar-refractivity contribution in [2.24, 2.45) is 5.29 Å². The molecule has 2 atom stereocenters. The Labute approximate surface area is 171 Å². The third-order valence-electron chi connectivity index (χ3n) is 6.27. The van der Waals surface area contributed by atoms with Crippen LogP contribution >= 0.6 is 0 Å². The first-order chi connectivity index (χ1) is 14.2. The van der Waals surface area contributed by atoms with Crippen LogP contribution in [-0.4, -0.2) is 41.3 Å². The second kappa shape index (κ2) is 9.31. The number of aryl methyl sites for hydroxylation is 1. The summed E-state index contributed by atoms with van der Waals surface area (Å²) >= 11 is 0. The highest BCUT2D eigenvalue weighted by molar-refractivity contribution is 5.41. The molecule has 1 N–H and O–H groups in total. The lowest BCUT2D eigenvalue weighted by Crippen LogP contribution is -2.45. The Morgan fingerprint density at radius 1 is 1.14 bits per heavy atom. The lowest BCUT2D eigenvalue weighted by Gasteiger charge is -2.33. The predicted octanol–water partition coefficient (Wildman–Crippen LogP) is 3.75. The molecule has 29 heavy (non-hydrogen) atoms. The minimum absolute atomic E-state index is 0.0246. The van der Waals surface area contributed by atoms with Crippen molar-refractivity contribution in [1.82, 2.24) is 15.4 Å². The van der Waals surface area contributed by atoms with Gasteiger partial charge in [-0.3, -0.25) is 5.43 Å². The van der Waals surface area contributed by atoms with Crippen LogP contribution in [0.4, 0.5) is 5.82 Å². The third kappa shape index (κ3) is 4.72. The lowest BCUT2D eigenvalue weighted by molar-refractivity contribution is 0.0148. The number of hydrogen-bond acceptors (Lipinski definition) is 6. The first-order valence-corrected chi connectivity index (χ1v) is 10.6. The second-order valence-electron chi connectivity index (χ2n) is 8.06. The topological polar surface area (TPSA) is 79.7 Å². The van der Waals surface area contributed by atoms with Crippen molar-refractivity contribution >= 4 is 5.82 Å². The third-order valence-corrected chi connectivity index (χ3v) is 6.27. The van der Waals surface area contributed by atoms with Crippen molar-refractivity contribution in [2.45, 2.75) is 63.1 Å². The molecule has 1 saturated heterocycles. The molecular formula is C22H29N5O2. The number of rotatable bonds is 7. The van der Waals surface area contributed by atoms with Crippen LogP contribution in [0.5, 0.6) is 0 Å². The zero-order chi connectivity index (χ0) is 20.1. The standard InChI is InChI=1S/C22H29N5O2/c1-16-23-13-11-22(24-16)27-14-12-20(25-26-28)21(27)15-29-19-9-7-18(8-10-19)17-5-3-2-4-6-17/h2-6,11,13,18-21H,7-10,12,14-15H2,1H3,(H,25,28). The van der Waals surface area contributed by atoms with Gasteiger partial charge in [0.1, 0.15) is 11.6 Å². The van der Waals surface area contributed by atoms with Crippen molar-refractivity contribution in [2.75, 3.05) is 18.1 Å². The number of ether oxygens (including phenoxy) is 1. The van der Waals surface area contributed by atoms with Gasteiger partial charge in [-0.15, -0.1) is 4.91 Å². The quantitative estimate of drug-likeness (QED) is 0.568. The summed E-state index contributed by atoms with van der Waals surface area (Å²) in [5, 5.41) is 2.94. The van der Waals surface area contributed by atoms with Gasteiger partial charge in [0.15, 0.2) is 0 Å². The summed E-state index contributed by atoms with van der Waals surface area (Å²) in [7, 11) is 0. The molecule has 1 aliphatic carbocycles. The van der Waals surface area contributed by atoms with Crippen molar-refractivity contribution in [1.29, 1.82) is 0 Å². The largest absolute Gasteiger partial charge is 0.376 e. The molecule has 7 heteroatoms. The molecule has 0 bridgehead atoms. The van der Waals surface area contributed by atoms with Gasteiger partial charge in [-0.25, -0.2) is 9.97 Å². The van der Waals surface area contributed by atoms with Gasteiger partial charge in [-0.2, -0.15) is 0 Å². The molecular weight excluding hydrogens is 366 g/mol. The summed E-state index contributed by atoms with van der Waals surface area (Å²) < 4.78 is 6.34. The Balaban J connectivity index is 1.35. The van der Waals surface area contributed by atoms with E-state index in [-0.39, 0.29) is 18.2 Å². The van der Waals surface area contributed by atoms with Crippen LogP contribution in [0, 0.1) is 11.8 Å². The number of hydrogen-bond donors (Lipinski definition) is 1. The molecule has 4 rings (SSSR count). The first kappa shape index (κ1) is 19.8. The predicted molar refractivity (Wildman–Crippen MR) is 113 cm³/mol. The molecule has 154 valence electrons. The summed E-state index contributed by atoms with van der Waals surface area (Å²) in [6.07, 6.45) is 7.35. The summed E-state index contributed by atoms with van der Waals surface area (Å²) in [6.45, 7) is 3.27. The number of nitrogens with zero attached hydrogens (tertiary/aromatic N) is 4. The molecule has 0 spiro atoms. The average molecular weight is 396 g/mol. The van der Waals surface area contributed by atoms with Gasteiger partial charge in [0.25, 0.3) is 0 Å². The fourth-order valence-electron chi connectivity index (χ4n) is 4.69. The van der Waals surface area contributed by atoms with Crippen LogP contribution in [0.15, 0.2) is 47.9 Å². The maximum Gasteiger partial charge on any atom is 0.132 e. The summed E-state index contributed by atoms with van der Waals surface area (Å²) in [6, 6.07) is 12.7. The van der Waals surface area contributed by atoms with E-state index in [1.807, 2.05) is 13.0 Å². The number of nitrogens with one attached hydrogen (secondary N) is 1. The highest BCUT2D eigenvalue weighted by Gasteiger charge is 2.36. The minimum atomic E-state index is -0.0246. The van der Waals surface area contributed by atoms with E-state index in [9.17, 15) is 4.91 Å². The normalized spacial score (nSPS) is 27.0. The maximum atomic E-state index is 10.8. The maximum absolute atomic E-state index is 10.8. The number of benzene rings is 1. The summed E-state index contributed by atoms with van der Waals surface area (Å²) in [5.74, 6) is 2.26. The molecule has 2 unspecified atom stereocenters. The monoisotopic (exact) mass is 395 g/mol. The van der Waals surface area contributed by atoms with Crippen LogP contribution in [-0.2, 0) is 4.74 Å². The van der Waals surface area contributed by atoms with E-state index in [0.29, 0.717) is 12.5 Å². The Morgan fingerprint density at radius 3 is 2.66 bits per heavy atom. The molecule has 2 fully saturated rings. The van der Waals surface area contributed by atoms with Gasteiger partial charge < -0.3 is 9.64 Å². The van der Waals surface area contributed by atoms with Crippen LogP contribution in [0.3, 0.4) is 0 Å². The highest BCUT2D eigenvalue weighted by atomic mass is 16.5. The van der Waals surface area contributed by atoms with Crippen LogP contribution in [0.25, 0.3) is 0 Å². The van der Waals surface area contributed by atoms with E-state index in [0.717, 1.165) is 50.3 Å². The van der Waals surface area contributed by atoms with E-state index in [2.05, 4.69) is 55.9 Å². The number of aromatic nitrogens is 2. The molecule has 1 saturated carbocycles. The lowest BCUT2D eigenvalue weighted by atomic mass is 9.83. The zero-order valence-electron chi connectivity index (χ0n) is 16.9. The second-order valence-corrected chi connectivity index (χ2v) is 8.06. The molecule has 1 aromatic carbocycles. The first-order valence-electron chi connectivity index (χ1n) is 10.6. The molecule has 7 nitrogen and oxygen atoms in total. The minimum Gasteiger partial charge on any atom is -0.376 e. The average Bonchev–Trinajstić information content (AvgIpc) is 3.16. The van der Waals surface area contributed by atoms with Gasteiger partial charge in [0.05, 0.1) is 24.8 Å². The smallest absolute Gasteiger partial charge is 0.132 e. The van der Waals surface area contributed by atoms with Gasteiger partial charge in [-0.05, 0) is 56.6 Å². The Bertz CT molecular complexity index is 795. The molecule has 2 aliphatic rings. The zero-order valence-corrected chi connectivity index (χ0v) is 16.9. The molecule has 2 aromatic rings. The Kier molecular flexibility index (Phi) is 6.34. The van der Waals surface area contributed by atoms with E-state index in [4.69, 9.17) is 4.74 Å². The van der Waals surface area contributed by atoms with Gasteiger partial charge in [0.2, 0.25) is 0 Å². The SMILES string of the molecule is Cc1nccc(N2CCC(NN=O)C2COC2CCC(c3ccccc3)CC2)n1. The molecule has 0 amide bonds. The van der Waals surface area contributed by atoms with Crippen molar-refractivity contribution < 1.29 is 4.74 Å². The Morgan fingerprint density at radius 2 is 1.93 bits per heavy atom. The van der Waals surface area contributed by atoms with Crippen molar-refractivity contribution in [3.8, 4) is 0 Å². The summed E-state index contributed by atoms with van der Waals surface area (Å²) in [5.41, 5.74) is 4.17. The van der Waals surface area contributed by atoms with Gasteiger partial charge in [0, 0.05) is 18.0 Å². The fraction of sp³-hybridized carbons (Fsp3) is 0.545. The van der Waals surface area contributed by atoms with Gasteiger partial charge >= 0.3 is 0 Å². The fourth-order valence-corrected chi connectivity index (χ4v) is 4.69. The number of anilines is 1. The van der Waals surface area contributed by atoms with Gasteiger partial charge in [-0.1, -0.05) is 30.3 Å². The molecule has 1 aromatic heterocycles. The van der Waals surface area contributed by atoms with Crippen LogP contribution in [0.1, 0.15) is 49.4 Å². The van der Waals surface area contributed by atoms with E-state index in [1.165, 1.54) is 5.56 Å². The highest BCUT2D eigenvalue weighted by Crippen LogP contribution is 2.34.